The number of primary amides is 1. The lowest BCUT2D eigenvalue weighted by molar-refractivity contribution is -0.128. The molecule has 0 saturated heterocycles. The quantitative estimate of drug-likeness (QED) is 0.430. The lowest BCUT2D eigenvalue weighted by Gasteiger charge is -2.07. The third-order valence-corrected chi connectivity index (χ3v) is 2.75. The van der Waals surface area contributed by atoms with Gasteiger partial charge in [0, 0.05) is 13.0 Å². The van der Waals surface area contributed by atoms with Crippen molar-refractivity contribution in [3.05, 3.63) is 35.6 Å². The van der Waals surface area contributed by atoms with Gasteiger partial charge in [-0.2, -0.15) is 0 Å². The molecular weight excluding hydrogens is 291 g/mol. The molecule has 0 fully saturated rings. The number of urea groups is 1. The molecule has 0 aliphatic carbocycles. The maximum absolute atomic E-state index is 12.7. The Morgan fingerprint density at radius 2 is 1.64 bits per heavy atom. The van der Waals surface area contributed by atoms with Gasteiger partial charge in [0.15, 0.2) is 0 Å². The highest BCUT2D eigenvalue weighted by Gasteiger charge is 2.06. The maximum atomic E-state index is 12.7. The van der Waals surface area contributed by atoms with Gasteiger partial charge in [-0.05, 0) is 30.5 Å². The first kappa shape index (κ1) is 17.4. The third kappa shape index (κ3) is 7.83. The van der Waals surface area contributed by atoms with Gasteiger partial charge in [0.25, 0.3) is 0 Å². The summed E-state index contributed by atoms with van der Waals surface area (Å²) in [6, 6.07) is 4.94. The summed E-state index contributed by atoms with van der Waals surface area (Å²) in [7, 11) is 0. The van der Waals surface area contributed by atoms with E-state index in [1.807, 2.05) is 0 Å². The summed E-state index contributed by atoms with van der Waals surface area (Å²) < 4.78 is 12.7. The van der Waals surface area contributed by atoms with Crippen molar-refractivity contribution in [1.29, 1.82) is 0 Å². The van der Waals surface area contributed by atoms with Gasteiger partial charge in [-0.15, -0.1) is 0 Å². The van der Waals surface area contributed by atoms with Crippen LogP contribution in [0.1, 0.15) is 24.8 Å². The summed E-state index contributed by atoms with van der Waals surface area (Å²) in [6.07, 6.45) is 1.43. The molecule has 120 valence electrons. The molecule has 1 rings (SSSR count). The van der Waals surface area contributed by atoms with Gasteiger partial charge in [0.05, 0.1) is 6.42 Å². The highest BCUT2D eigenvalue weighted by molar-refractivity contribution is 5.83. The zero-order valence-corrected chi connectivity index (χ0v) is 12.0. The van der Waals surface area contributed by atoms with Crippen LogP contribution in [0.5, 0.6) is 0 Å². The van der Waals surface area contributed by atoms with E-state index in [4.69, 9.17) is 5.73 Å². The summed E-state index contributed by atoms with van der Waals surface area (Å²) in [5.74, 6) is -1.09. The minimum Gasteiger partial charge on any atom is -0.352 e. The average Bonchev–Trinajstić information content (AvgIpc) is 2.47. The Labute approximate surface area is 127 Å². The van der Waals surface area contributed by atoms with Crippen molar-refractivity contribution in [2.75, 3.05) is 6.54 Å². The van der Waals surface area contributed by atoms with Crippen LogP contribution in [0.2, 0.25) is 0 Å². The predicted octanol–water partition coefficient (Wildman–Crippen LogP) is 0.354. The number of nitrogens with one attached hydrogen (secondary N) is 3. The highest BCUT2D eigenvalue weighted by atomic mass is 19.1. The van der Waals surface area contributed by atoms with E-state index >= 15 is 0 Å². The number of hydrogen-bond acceptors (Lipinski definition) is 3. The van der Waals surface area contributed by atoms with Crippen LogP contribution in [0.15, 0.2) is 24.3 Å². The Hall–Kier alpha value is -2.64. The van der Waals surface area contributed by atoms with Gasteiger partial charge in [0.1, 0.15) is 5.82 Å². The molecule has 0 heterocycles. The summed E-state index contributed by atoms with van der Waals surface area (Å²) in [4.78, 5) is 33.4. The summed E-state index contributed by atoms with van der Waals surface area (Å²) in [6.45, 7) is 0.402. The number of unbranched alkanes of at least 4 members (excludes halogenated alkanes) is 1. The van der Waals surface area contributed by atoms with Gasteiger partial charge in [-0.25, -0.2) is 9.18 Å². The first-order valence-electron chi connectivity index (χ1n) is 6.83. The van der Waals surface area contributed by atoms with Crippen molar-refractivity contribution in [3.63, 3.8) is 0 Å². The van der Waals surface area contributed by atoms with E-state index in [0.717, 1.165) is 0 Å². The second-order valence-corrected chi connectivity index (χ2v) is 4.65. The molecule has 4 amide bonds. The molecular formula is C14H19FN4O3. The smallest absolute Gasteiger partial charge is 0.312 e. The molecule has 0 aromatic heterocycles. The number of hydrazine groups is 1. The summed E-state index contributed by atoms with van der Waals surface area (Å²) >= 11 is 0. The third-order valence-electron chi connectivity index (χ3n) is 2.75. The van der Waals surface area contributed by atoms with Gasteiger partial charge < -0.3 is 11.1 Å². The standard InChI is InChI=1S/C14H19FN4O3/c15-11-6-4-10(5-7-11)9-13(21)19-18-12(20)3-1-2-8-17-14(16)22/h4-7H,1-3,8-9H2,(H,18,20)(H,19,21)(H3,16,17,22). The number of halogens is 1. The molecule has 22 heavy (non-hydrogen) atoms. The Bertz CT molecular complexity index is 519. The van der Waals surface area contributed by atoms with Crippen LogP contribution >= 0.6 is 0 Å². The van der Waals surface area contributed by atoms with Gasteiger partial charge in [-0.1, -0.05) is 12.1 Å². The zero-order chi connectivity index (χ0) is 16.4. The van der Waals surface area contributed by atoms with E-state index in [2.05, 4.69) is 16.2 Å². The van der Waals surface area contributed by atoms with Crippen LogP contribution in [0.3, 0.4) is 0 Å². The Morgan fingerprint density at radius 3 is 2.27 bits per heavy atom. The van der Waals surface area contributed by atoms with Crippen LogP contribution in [-0.2, 0) is 16.0 Å². The predicted molar refractivity (Wildman–Crippen MR) is 77.8 cm³/mol. The second-order valence-electron chi connectivity index (χ2n) is 4.65. The van der Waals surface area contributed by atoms with Crippen molar-refractivity contribution in [3.8, 4) is 0 Å². The molecule has 8 heteroatoms. The van der Waals surface area contributed by atoms with Crippen molar-refractivity contribution in [2.45, 2.75) is 25.7 Å². The minimum atomic E-state index is -0.600. The van der Waals surface area contributed by atoms with Crippen molar-refractivity contribution in [1.82, 2.24) is 16.2 Å². The Balaban J connectivity index is 2.14. The Kier molecular flexibility index (Phi) is 7.38. The molecule has 0 saturated carbocycles. The molecule has 0 radical (unpaired) electrons. The van der Waals surface area contributed by atoms with Crippen molar-refractivity contribution in [2.24, 2.45) is 5.73 Å². The van der Waals surface area contributed by atoms with Crippen molar-refractivity contribution >= 4 is 17.8 Å². The number of amides is 4. The molecule has 0 bridgehead atoms. The monoisotopic (exact) mass is 310 g/mol. The first-order chi connectivity index (χ1) is 10.5. The molecule has 0 aliphatic heterocycles. The lowest BCUT2D eigenvalue weighted by Crippen LogP contribution is -2.42. The number of nitrogens with two attached hydrogens (primary N) is 1. The van der Waals surface area contributed by atoms with E-state index in [0.29, 0.717) is 24.9 Å². The fourth-order valence-corrected chi connectivity index (χ4v) is 1.66. The van der Waals surface area contributed by atoms with E-state index < -0.39 is 11.9 Å². The van der Waals surface area contributed by atoms with E-state index in [1.54, 1.807) is 0 Å². The number of carbonyl (C=O) groups excluding carboxylic acids is 3. The highest BCUT2D eigenvalue weighted by Crippen LogP contribution is 2.03. The second kappa shape index (κ2) is 9.32. The van der Waals surface area contributed by atoms with Crippen LogP contribution in [0.4, 0.5) is 9.18 Å². The minimum absolute atomic E-state index is 0.0447. The maximum Gasteiger partial charge on any atom is 0.312 e. The van der Waals surface area contributed by atoms with E-state index in [1.165, 1.54) is 24.3 Å². The molecule has 7 nitrogen and oxygen atoms in total. The molecule has 0 unspecified atom stereocenters. The topological polar surface area (TPSA) is 113 Å². The fraction of sp³-hybridized carbons (Fsp3) is 0.357. The average molecular weight is 310 g/mol. The van der Waals surface area contributed by atoms with Crippen LogP contribution in [0, 0.1) is 5.82 Å². The van der Waals surface area contributed by atoms with Crippen LogP contribution in [-0.4, -0.2) is 24.4 Å². The number of hydrogen-bond donors (Lipinski definition) is 4. The largest absolute Gasteiger partial charge is 0.352 e. The summed E-state index contributed by atoms with van der Waals surface area (Å²) in [5.41, 5.74) is 10.1. The van der Waals surface area contributed by atoms with Gasteiger partial charge >= 0.3 is 6.03 Å². The number of rotatable bonds is 7. The molecule has 0 spiro atoms. The molecule has 1 aromatic rings. The molecule has 1 aromatic carbocycles. The van der Waals surface area contributed by atoms with E-state index in [9.17, 15) is 18.8 Å². The van der Waals surface area contributed by atoms with Gasteiger partial charge in [-0.3, -0.25) is 20.4 Å². The molecule has 5 N–H and O–H groups in total. The zero-order valence-electron chi connectivity index (χ0n) is 12.0. The van der Waals surface area contributed by atoms with E-state index in [-0.39, 0.29) is 24.6 Å². The van der Waals surface area contributed by atoms with Gasteiger partial charge in [0.2, 0.25) is 11.8 Å². The fourth-order valence-electron chi connectivity index (χ4n) is 1.66. The summed E-state index contributed by atoms with van der Waals surface area (Å²) in [5, 5.41) is 2.41. The molecule has 0 atom stereocenters. The number of benzene rings is 1. The van der Waals surface area contributed by atoms with Crippen LogP contribution < -0.4 is 21.9 Å². The lowest BCUT2D eigenvalue weighted by atomic mass is 10.1. The molecule has 0 aliphatic rings. The number of carbonyl (C=O) groups is 3. The van der Waals surface area contributed by atoms with Crippen LogP contribution in [0.25, 0.3) is 0 Å². The SMILES string of the molecule is NC(=O)NCCCCC(=O)NNC(=O)Cc1ccc(F)cc1. The Morgan fingerprint density at radius 1 is 1.00 bits per heavy atom. The first-order valence-corrected chi connectivity index (χ1v) is 6.83. The normalized spacial score (nSPS) is 9.86. The van der Waals surface area contributed by atoms with Crippen molar-refractivity contribution < 1.29 is 18.8 Å².